The van der Waals surface area contributed by atoms with Gasteiger partial charge in [-0.1, -0.05) is 25.5 Å². The summed E-state index contributed by atoms with van der Waals surface area (Å²) in [6, 6.07) is 0. The van der Waals surface area contributed by atoms with Gasteiger partial charge < -0.3 is 9.52 Å². The number of aliphatic hydroxyl groups is 1. The second kappa shape index (κ2) is 3.49. The number of aryl methyl sites for hydroxylation is 1. The maximum absolute atomic E-state index is 10.8. The number of fused-ring (bicyclic) bond motifs is 2. The van der Waals surface area contributed by atoms with Crippen molar-refractivity contribution in [2.75, 3.05) is 0 Å². The van der Waals surface area contributed by atoms with E-state index in [1.54, 1.807) is 6.26 Å². The summed E-state index contributed by atoms with van der Waals surface area (Å²) >= 11 is 0. The summed E-state index contributed by atoms with van der Waals surface area (Å²) in [6.07, 6.45) is 6.86. The highest BCUT2D eigenvalue weighted by Gasteiger charge is 2.48. The predicted molar refractivity (Wildman–Crippen MR) is 66.7 cm³/mol. The molecule has 0 aliphatic heterocycles. The van der Waals surface area contributed by atoms with E-state index in [0.717, 1.165) is 29.7 Å². The Labute approximate surface area is 102 Å². The van der Waals surface area contributed by atoms with E-state index in [0.29, 0.717) is 5.92 Å². The number of allylic oxidation sites excluding steroid dienone is 1. The van der Waals surface area contributed by atoms with Crippen LogP contribution < -0.4 is 0 Å². The van der Waals surface area contributed by atoms with Crippen LogP contribution in [0.4, 0.5) is 0 Å². The molecule has 1 N–H and O–H groups in total. The van der Waals surface area contributed by atoms with Gasteiger partial charge in [-0.25, -0.2) is 0 Å². The predicted octanol–water partition coefficient (Wildman–Crippen LogP) is 3.54. The van der Waals surface area contributed by atoms with E-state index in [-0.39, 0.29) is 5.41 Å². The van der Waals surface area contributed by atoms with E-state index in [1.807, 2.05) is 6.92 Å². The fourth-order valence-electron chi connectivity index (χ4n) is 3.54. The maximum atomic E-state index is 10.8. The normalized spacial score (nSPS) is 36.1. The van der Waals surface area contributed by atoms with Gasteiger partial charge in [-0.15, -0.1) is 0 Å². The molecular weight excluding hydrogens is 212 g/mol. The largest absolute Gasteiger partial charge is 0.468 e. The molecule has 1 aromatic rings. The fraction of sp³-hybridized carbons (Fsp3) is 0.600. The van der Waals surface area contributed by atoms with Gasteiger partial charge in [0.25, 0.3) is 0 Å². The number of rotatable bonds is 0. The van der Waals surface area contributed by atoms with Crippen LogP contribution in [0.3, 0.4) is 0 Å². The van der Waals surface area contributed by atoms with Crippen LogP contribution in [0.5, 0.6) is 0 Å². The van der Waals surface area contributed by atoms with Crippen LogP contribution in [0.25, 0.3) is 0 Å². The topological polar surface area (TPSA) is 33.4 Å². The molecule has 92 valence electrons. The Balaban J connectivity index is 2.18. The molecule has 0 radical (unpaired) electrons. The molecule has 0 saturated heterocycles. The van der Waals surface area contributed by atoms with Crippen LogP contribution >= 0.6 is 0 Å². The molecule has 0 amide bonds. The zero-order chi connectivity index (χ0) is 12.2. The maximum Gasteiger partial charge on any atom is 0.113 e. The Morgan fingerprint density at radius 1 is 1.47 bits per heavy atom. The van der Waals surface area contributed by atoms with Gasteiger partial charge in [0.15, 0.2) is 0 Å². The monoisotopic (exact) mass is 232 g/mol. The van der Waals surface area contributed by atoms with Crippen LogP contribution in [0.1, 0.15) is 49.7 Å². The molecular formula is C15H20O2. The van der Waals surface area contributed by atoms with E-state index in [4.69, 9.17) is 4.42 Å². The number of hydrogen-bond donors (Lipinski definition) is 1. The molecule has 0 unspecified atom stereocenters. The van der Waals surface area contributed by atoms with Crippen molar-refractivity contribution in [2.24, 2.45) is 11.3 Å². The lowest BCUT2D eigenvalue weighted by Crippen LogP contribution is -2.40. The van der Waals surface area contributed by atoms with Gasteiger partial charge >= 0.3 is 0 Å². The third-order valence-electron chi connectivity index (χ3n) is 5.00. The van der Waals surface area contributed by atoms with Crippen LogP contribution in [0, 0.1) is 18.3 Å². The molecule has 17 heavy (non-hydrogen) atoms. The van der Waals surface area contributed by atoms with Crippen LogP contribution in [0.2, 0.25) is 0 Å². The van der Waals surface area contributed by atoms with E-state index in [9.17, 15) is 5.11 Å². The SMILES string of the molecule is Cc1coc2c1[C@H](O)[C@@]1(C)C(=CCC[C@@H]1C)C2. The van der Waals surface area contributed by atoms with Gasteiger partial charge in [0, 0.05) is 17.4 Å². The fourth-order valence-corrected chi connectivity index (χ4v) is 3.54. The van der Waals surface area contributed by atoms with Crippen molar-refractivity contribution in [3.05, 3.63) is 34.8 Å². The quantitative estimate of drug-likeness (QED) is 0.694. The first kappa shape index (κ1) is 11.1. The van der Waals surface area contributed by atoms with Gasteiger partial charge in [0.1, 0.15) is 5.76 Å². The first-order valence-corrected chi connectivity index (χ1v) is 6.49. The summed E-state index contributed by atoms with van der Waals surface area (Å²) in [6.45, 7) is 6.50. The van der Waals surface area contributed by atoms with Crippen molar-refractivity contribution in [1.29, 1.82) is 0 Å². The Bertz CT molecular complexity index is 483. The second-order valence-corrected chi connectivity index (χ2v) is 5.83. The third-order valence-corrected chi connectivity index (χ3v) is 5.00. The first-order valence-electron chi connectivity index (χ1n) is 6.49. The van der Waals surface area contributed by atoms with Gasteiger partial charge in [0.05, 0.1) is 12.4 Å². The number of furan rings is 1. The molecule has 2 nitrogen and oxygen atoms in total. The highest BCUT2D eigenvalue weighted by atomic mass is 16.3. The van der Waals surface area contributed by atoms with Crippen LogP contribution in [0.15, 0.2) is 22.3 Å². The average molecular weight is 232 g/mol. The zero-order valence-corrected chi connectivity index (χ0v) is 10.8. The molecule has 1 heterocycles. The highest BCUT2D eigenvalue weighted by molar-refractivity contribution is 5.42. The lowest BCUT2D eigenvalue weighted by Gasteiger charge is -2.47. The minimum atomic E-state index is -0.411. The minimum Gasteiger partial charge on any atom is -0.468 e. The molecule has 2 aliphatic rings. The van der Waals surface area contributed by atoms with E-state index in [1.165, 1.54) is 12.0 Å². The Kier molecular flexibility index (Phi) is 2.27. The molecule has 0 bridgehead atoms. The molecule has 3 atom stereocenters. The van der Waals surface area contributed by atoms with Crippen molar-refractivity contribution < 1.29 is 9.52 Å². The molecule has 0 saturated carbocycles. The summed E-state index contributed by atoms with van der Waals surface area (Å²) in [5.41, 5.74) is 3.40. The summed E-state index contributed by atoms with van der Waals surface area (Å²) in [7, 11) is 0. The summed E-state index contributed by atoms with van der Waals surface area (Å²) in [5.74, 6) is 1.49. The number of hydrogen-bond acceptors (Lipinski definition) is 2. The molecule has 0 fully saturated rings. The lowest BCUT2D eigenvalue weighted by atomic mass is 9.59. The number of aliphatic hydroxyl groups excluding tert-OH is 1. The Hall–Kier alpha value is -1.02. The Morgan fingerprint density at radius 2 is 2.24 bits per heavy atom. The van der Waals surface area contributed by atoms with Crippen LogP contribution in [-0.2, 0) is 6.42 Å². The molecule has 2 aliphatic carbocycles. The summed E-state index contributed by atoms with van der Waals surface area (Å²) < 4.78 is 5.59. The zero-order valence-electron chi connectivity index (χ0n) is 10.8. The van der Waals surface area contributed by atoms with Crippen molar-refractivity contribution in [2.45, 2.75) is 46.1 Å². The summed E-state index contributed by atoms with van der Waals surface area (Å²) in [5, 5.41) is 10.8. The van der Waals surface area contributed by atoms with Crippen LogP contribution in [-0.4, -0.2) is 5.11 Å². The lowest BCUT2D eigenvalue weighted by molar-refractivity contribution is 0.00630. The minimum absolute atomic E-state index is 0.0973. The van der Waals surface area contributed by atoms with Crippen molar-refractivity contribution in [3.8, 4) is 0 Å². The van der Waals surface area contributed by atoms with Crippen molar-refractivity contribution >= 4 is 0 Å². The second-order valence-electron chi connectivity index (χ2n) is 5.83. The van der Waals surface area contributed by atoms with Crippen molar-refractivity contribution in [1.82, 2.24) is 0 Å². The summed E-state index contributed by atoms with van der Waals surface area (Å²) in [4.78, 5) is 0. The Morgan fingerprint density at radius 3 is 3.00 bits per heavy atom. The van der Waals surface area contributed by atoms with E-state index < -0.39 is 6.10 Å². The molecule has 3 rings (SSSR count). The third kappa shape index (κ3) is 1.30. The highest BCUT2D eigenvalue weighted by Crippen LogP contribution is 2.55. The molecule has 1 aromatic heterocycles. The molecule has 0 spiro atoms. The molecule has 0 aromatic carbocycles. The van der Waals surface area contributed by atoms with Gasteiger partial charge in [0.2, 0.25) is 0 Å². The first-order chi connectivity index (χ1) is 8.05. The standard InChI is InChI=1S/C15H20O2/c1-9-8-17-12-7-11-6-4-5-10(2)15(11,3)14(16)13(9)12/h6,8,10,14,16H,4-5,7H2,1-3H3/t10-,14-,15+/m0/s1. The molecule has 2 heteroatoms. The van der Waals surface area contributed by atoms with Gasteiger partial charge in [-0.2, -0.15) is 0 Å². The van der Waals surface area contributed by atoms with E-state index in [2.05, 4.69) is 19.9 Å². The van der Waals surface area contributed by atoms with Crippen molar-refractivity contribution in [3.63, 3.8) is 0 Å². The smallest absolute Gasteiger partial charge is 0.113 e. The van der Waals surface area contributed by atoms with Gasteiger partial charge in [-0.05, 0) is 31.2 Å². The average Bonchev–Trinajstić information content (AvgIpc) is 2.65. The van der Waals surface area contributed by atoms with Gasteiger partial charge in [-0.3, -0.25) is 0 Å². The van der Waals surface area contributed by atoms with E-state index >= 15 is 0 Å².